The van der Waals surface area contributed by atoms with Crippen LogP contribution in [-0.2, 0) is 20.7 Å². The van der Waals surface area contributed by atoms with Crippen LogP contribution in [-0.4, -0.2) is 31.1 Å². The molecule has 0 spiro atoms. The van der Waals surface area contributed by atoms with E-state index in [0.717, 1.165) is 5.56 Å². The molecule has 0 heterocycles. The quantitative estimate of drug-likeness (QED) is 0.833. The summed E-state index contributed by atoms with van der Waals surface area (Å²) in [7, 11) is 1.35. The highest BCUT2D eigenvalue weighted by atomic mass is 16.5. The lowest BCUT2D eigenvalue weighted by Gasteiger charge is -2.20. The Morgan fingerprint density at radius 3 is 2.25 bits per heavy atom. The van der Waals surface area contributed by atoms with E-state index < -0.39 is 0 Å². The molecule has 0 unspecified atom stereocenters. The third-order valence-corrected chi connectivity index (χ3v) is 2.38. The van der Waals surface area contributed by atoms with Crippen molar-refractivity contribution in [3.05, 3.63) is 29.8 Å². The van der Waals surface area contributed by atoms with Gasteiger partial charge in [0.25, 0.3) is 5.91 Å². The molecule has 1 rings (SSSR count). The lowest BCUT2D eigenvalue weighted by molar-refractivity contribution is -0.139. The van der Waals surface area contributed by atoms with E-state index >= 15 is 0 Å². The zero-order valence-corrected chi connectivity index (χ0v) is 12.4. The van der Waals surface area contributed by atoms with Crippen LogP contribution in [0, 0.1) is 0 Å². The molecule has 110 valence electrons. The molecule has 0 aliphatic rings. The molecule has 5 heteroatoms. The molecule has 1 amide bonds. The highest BCUT2D eigenvalue weighted by molar-refractivity contribution is 5.78. The van der Waals surface area contributed by atoms with Crippen LogP contribution in [0.1, 0.15) is 26.3 Å². The number of nitrogens with one attached hydrogen (secondary N) is 1. The van der Waals surface area contributed by atoms with E-state index in [1.54, 1.807) is 24.3 Å². The van der Waals surface area contributed by atoms with Crippen molar-refractivity contribution >= 4 is 11.9 Å². The van der Waals surface area contributed by atoms with Crippen molar-refractivity contribution in [3.8, 4) is 5.75 Å². The topological polar surface area (TPSA) is 64.6 Å². The maximum absolute atomic E-state index is 11.6. The van der Waals surface area contributed by atoms with Crippen molar-refractivity contribution in [2.45, 2.75) is 32.7 Å². The van der Waals surface area contributed by atoms with Crippen molar-refractivity contribution in [2.24, 2.45) is 0 Å². The fourth-order valence-electron chi connectivity index (χ4n) is 1.55. The molecular formula is C15H21NO4. The summed E-state index contributed by atoms with van der Waals surface area (Å²) < 4.78 is 9.96. The highest BCUT2D eigenvalue weighted by Crippen LogP contribution is 2.13. The fourth-order valence-corrected chi connectivity index (χ4v) is 1.55. The summed E-state index contributed by atoms with van der Waals surface area (Å²) in [5.74, 6) is 0.127. The number of esters is 1. The highest BCUT2D eigenvalue weighted by Gasteiger charge is 2.13. The number of rotatable bonds is 5. The summed E-state index contributed by atoms with van der Waals surface area (Å²) >= 11 is 0. The Morgan fingerprint density at radius 1 is 1.15 bits per heavy atom. The van der Waals surface area contributed by atoms with Crippen LogP contribution >= 0.6 is 0 Å². The van der Waals surface area contributed by atoms with Gasteiger partial charge in [-0.05, 0) is 38.5 Å². The average molecular weight is 279 g/mol. The first kappa shape index (κ1) is 16.0. The van der Waals surface area contributed by atoms with E-state index in [0.29, 0.717) is 5.75 Å². The Kier molecular flexibility index (Phi) is 5.55. The van der Waals surface area contributed by atoms with Gasteiger partial charge in [0.2, 0.25) is 0 Å². The minimum absolute atomic E-state index is 0.0341. The molecule has 20 heavy (non-hydrogen) atoms. The monoisotopic (exact) mass is 279 g/mol. The van der Waals surface area contributed by atoms with Gasteiger partial charge < -0.3 is 14.8 Å². The van der Waals surface area contributed by atoms with E-state index in [1.807, 2.05) is 20.8 Å². The van der Waals surface area contributed by atoms with E-state index in [-0.39, 0.29) is 30.4 Å². The van der Waals surface area contributed by atoms with Gasteiger partial charge in [0.05, 0.1) is 13.5 Å². The average Bonchev–Trinajstić information content (AvgIpc) is 2.36. The van der Waals surface area contributed by atoms with Crippen LogP contribution < -0.4 is 10.1 Å². The first-order chi connectivity index (χ1) is 9.30. The van der Waals surface area contributed by atoms with Crippen molar-refractivity contribution in [1.82, 2.24) is 5.32 Å². The standard InChI is InChI=1S/C15H21NO4/c1-15(2,3)16-13(17)10-20-12-7-5-11(6-8-12)9-14(18)19-4/h5-8H,9-10H2,1-4H3,(H,16,17). The van der Waals surface area contributed by atoms with Crippen LogP contribution in [0.3, 0.4) is 0 Å². The Morgan fingerprint density at radius 2 is 1.75 bits per heavy atom. The van der Waals surface area contributed by atoms with Crippen molar-refractivity contribution in [2.75, 3.05) is 13.7 Å². The molecule has 0 bridgehead atoms. The molecule has 1 N–H and O–H groups in total. The van der Waals surface area contributed by atoms with Gasteiger partial charge >= 0.3 is 5.97 Å². The number of methoxy groups -OCH3 is 1. The van der Waals surface area contributed by atoms with Gasteiger partial charge in [0, 0.05) is 5.54 Å². The van der Waals surface area contributed by atoms with Gasteiger partial charge in [0.1, 0.15) is 5.75 Å². The van der Waals surface area contributed by atoms with Gasteiger partial charge in [-0.2, -0.15) is 0 Å². The maximum atomic E-state index is 11.6. The second-order valence-corrected chi connectivity index (χ2v) is 5.48. The van der Waals surface area contributed by atoms with Crippen LogP contribution in [0.25, 0.3) is 0 Å². The third-order valence-electron chi connectivity index (χ3n) is 2.38. The minimum atomic E-state index is -0.289. The molecular weight excluding hydrogens is 258 g/mol. The van der Waals surface area contributed by atoms with Crippen molar-refractivity contribution < 1.29 is 19.1 Å². The summed E-state index contributed by atoms with van der Waals surface area (Å²) in [5.41, 5.74) is 0.563. The van der Waals surface area contributed by atoms with E-state index in [9.17, 15) is 9.59 Å². The molecule has 0 fully saturated rings. The van der Waals surface area contributed by atoms with Gasteiger partial charge in [-0.1, -0.05) is 12.1 Å². The second-order valence-electron chi connectivity index (χ2n) is 5.48. The molecule has 0 saturated carbocycles. The summed E-state index contributed by atoms with van der Waals surface area (Å²) in [6, 6.07) is 6.99. The van der Waals surface area contributed by atoms with Crippen LogP contribution in [0.5, 0.6) is 5.75 Å². The summed E-state index contributed by atoms with van der Waals surface area (Å²) in [6.45, 7) is 5.69. The van der Waals surface area contributed by atoms with Crippen LogP contribution in [0.15, 0.2) is 24.3 Å². The number of carbonyl (C=O) groups is 2. The summed E-state index contributed by atoms with van der Waals surface area (Å²) in [5, 5.41) is 2.81. The molecule has 0 saturated heterocycles. The summed E-state index contributed by atoms with van der Waals surface area (Å²) in [4.78, 5) is 22.7. The Hall–Kier alpha value is -2.04. The lowest BCUT2D eigenvalue weighted by atomic mass is 10.1. The second kappa shape index (κ2) is 6.93. The van der Waals surface area contributed by atoms with E-state index in [4.69, 9.17) is 4.74 Å². The zero-order chi connectivity index (χ0) is 15.2. The molecule has 0 aromatic heterocycles. The SMILES string of the molecule is COC(=O)Cc1ccc(OCC(=O)NC(C)(C)C)cc1. The predicted octanol–water partition coefficient (Wildman–Crippen LogP) is 1.70. The fraction of sp³-hybridized carbons (Fsp3) is 0.467. The van der Waals surface area contributed by atoms with Gasteiger partial charge in [-0.15, -0.1) is 0 Å². The Labute approximate surface area is 119 Å². The number of carbonyl (C=O) groups excluding carboxylic acids is 2. The lowest BCUT2D eigenvalue weighted by Crippen LogP contribution is -2.43. The van der Waals surface area contributed by atoms with Crippen molar-refractivity contribution in [3.63, 3.8) is 0 Å². The molecule has 1 aromatic rings. The smallest absolute Gasteiger partial charge is 0.309 e. The van der Waals surface area contributed by atoms with Gasteiger partial charge in [-0.3, -0.25) is 9.59 Å². The molecule has 0 aliphatic heterocycles. The number of hydrogen-bond donors (Lipinski definition) is 1. The number of amides is 1. The normalized spacial score (nSPS) is 10.8. The van der Waals surface area contributed by atoms with Crippen molar-refractivity contribution in [1.29, 1.82) is 0 Å². The third kappa shape index (κ3) is 6.22. The van der Waals surface area contributed by atoms with Crippen LogP contribution in [0.4, 0.5) is 0 Å². The molecule has 0 atom stereocenters. The molecule has 5 nitrogen and oxygen atoms in total. The maximum Gasteiger partial charge on any atom is 0.309 e. The number of ether oxygens (including phenoxy) is 2. The first-order valence-electron chi connectivity index (χ1n) is 6.40. The minimum Gasteiger partial charge on any atom is -0.484 e. The largest absolute Gasteiger partial charge is 0.484 e. The molecule has 0 aliphatic carbocycles. The zero-order valence-electron chi connectivity index (χ0n) is 12.4. The molecule has 0 radical (unpaired) electrons. The first-order valence-corrected chi connectivity index (χ1v) is 6.40. The van der Waals surface area contributed by atoms with Gasteiger partial charge in [0.15, 0.2) is 6.61 Å². The predicted molar refractivity (Wildman–Crippen MR) is 75.6 cm³/mol. The Balaban J connectivity index is 2.46. The van der Waals surface area contributed by atoms with Gasteiger partial charge in [-0.25, -0.2) is 0 Å². The number of benzene rings is 1. The number of hydrogen-bond acceptors (Lipinski definition) is 4. The Bertz CT molecular complexity index is 460. The van der Waals surface area contributed by atoms with E-state index in [1.165, 1.54) is 7.11 Å². The summed E-state index contributed by atoms with van der Waals surface area (Å²) in [6.07, 6.45) is 0.224. The molecule has 1 aromatic carbocycles. The van der Waals surface area contributed by atoms with Crippen LogP contribution in [0.2, 0.25) is 0 Å². The van der Waals surface area contributed by atoms with E-state index in [2.05, 4.69) is 10.1 Å².